The summed E-state index contributed by atoms with van der Waals surface area (Å²) in [5.41, 5.74) is 0. The molecule has 14 heavy (non-hydrogen) atoms. The highest BCUT2D eigenvalue weighted by Crippen LogP contribution is 2.15. The number of carbonyl (C=O) groups is 1. The second kappa shape index (κ2) is 4.98. The number of hydrogen-bond donors (Lipinski definition) is 0. The van der Waals surface area contributed by atoms with Crippen molar-refractivity contribution in [3.8, 4) is 0 Å². The van der Waals surface area contributed by atoms with E-state index >= 15 is 0 Å². The van der Waals surface area contributed by atoms with Crippen LogP contribution in [0.25, 0.3) is 0 Å². The Morgan fingerprint density at radius 3 is 2.43 bits per heavy atom. The van der Waals surface area contributed by atoms with Crippen LogP contribution in [0.5, 0.6) is 0 Å². The number of hydrogen-bond acceptors (Lipinski definition) is 3. The van der Waals surface area contributed by atoms with Gasteiger partial charge in [-0.25, -0.2) is 4.79 Å². The van der Waals surface area contributed by atoms with Gasteiger partial charge in [0.2, 0.25) is 6.29 Å². The molecule has 79 valence electrons. The van der Waals surface area contributed by atoms with E-state index in [-0.39, 0.29) is 18.1 Å². The lowest BCUT2D eigenvalue weighted by atomic mass is 9.99. The van der Waals surface area contributed by atoms with Gasteiger partial charge >= 0.3 is 6.09 Å². The molecule has 1 aliphatic rings. The highest BCUT2D eigenvalue weighted by atomic mass is 16.6. The fraction of sp³-hybridized carbons (Fsp3) is 0.800. The van der Waals surface area contributed by atoms with Gasteiger partial charge in [0.05, 0.1) is 6.10 Å². The molecule has 0 aromatic carbocycles. The second-order valence-corrected chi connectivity index (χ2v) is 3.81. The Labute approximate surface area is 84.2 Å². The molecule has 1 aliphatic heterocycles. The summed E-state index contributed by atoms with van der Waals surface area (Å²) in [6, 6.07) is 0. The Morgan fingerprint density at radius 2 is 2.00 bits per heavy atom. The minimum absolute atomic E-state index is 0.00176. The van der Waals surface area contributed by atoms with Crippen LogP contribution in [0.15, 0.2) is 0 Å². The lowest BCUT2D eigenvalue weighted by Crippen LogP contribution is -2.39. The zero-order valence-electron chi connectivity index (χ0n) is 8.66. The van der Waals surface area contributed by atoms with Crippen LogP contribution in [-0.4, -0.2) is 36.5 Å². The Bertz CT molecular complexity index is 207. The fourth-order valence-corrected chi connectivity index (χ4v) is 1.46. The Hall–Kier alpha value is -1.06. The van der Waals surface area contributed by atoms with Gasteiger partial charge in [-0.3, -0.25) is 4.79 Å². The standard InChI is InChI=1S/C10H16NO3/c1-8(2)14-10(13)11-5-3-9(7-12)4-6-11/h8-9H,3-6H2,1-2H3. The van der Waals surface area contributed by atoms with E-state index in [9.17, 15) is 9.59 Å². The molecule has 1 rings (SSSR count). The molecule has 0 unspecified atom stereocenters. The molecule has 0 aromatic rings. The molecule has 4 nitrogen and oxygen atoms in total. The summed E-state index contributed by atoms with van der Waals surface area (Å²) in [7, 11) is 0. The lowest BCUT2D eigenvalue weighted by molar-refractivity contribution is 0.0685. The first-order chi connectivity index (χ1) is 6.63. The fourth-order valence-electron chi connectivity index (χ4n) is 1.46. The summed E-state index contributed by atoms with van der Waals surface area (Å²) in [5.74, 6) is -0.00176. The molecular weight excluding hydrogens is 182 g/mol. The third-order valence-corrected chi connectivity index (χ3v) is 2.26. The quantitative estimate of drug-likeness (QED) is 0.673. The largest absolute Gasteiger partial charge is 0.447 e. The number of nitrogens with zero attached hydrogens (tertiary/aromatic N) is 1. The lowest BCUT2D eigenvalue weighted by Gasteiger charge is -2.29. The van der Waals surface area contributed by atoms with E-state index in [1.54, 1.807) is 4.90 Å². The van der Waals surface area contributed by atoms with Crippen LogP contribution in [0, 0.1) is 5.92 Å². The van der Waals surface area contributed by atoms with Crippen LogP contribution in [-0.2, 0) is 9.53 Å². The maximum atomic E-state index is 11.4. The zero-order valence-corrected chi connectivity index (χ0v) is 8.66. The van der Waals surface area contributed by atoms with E-state index in [1.807, 2.05) is 20.1 Å². The van der Waals surface area contributed by atoms with E-state index in [4.69, 9.17) is 4.74 Å². The van der Waals surface area contributed by atoms with Crippen LogP contribution in [0.1, 0.15) is 26.7 Å². The molecule has 1 fully saturated rings. The maximum absolute atomic E-state index is 11.4. The van der Waals surface area contributed by atoms with Gasteiger partial charge in [0, 0.05) is 19.0 Å². The van der Waals surface area contributed by atoms with Crippen molar-refractivity contribution in [2.75, 3.05) is 13.1 Å². The average Bonchev–Trinajstić information content (AvgIpc) is 2.17. The smallest absolute Gasteiger partial charge is 0.410 e. The number of ether oxygens (including phenoxy) is 1. The number of rotatable bonds is 2. The van der Waals surface area contributed by atoms with Crippen molar-refractivity contribution in [2.24, 2.45) is 5.92 Å². The van der Waals surface area contributed by atoms with Crippen molar-refractivity contribution in [3.63, 3.8) is 0 Å². The first-order valence-electron chi connectivity index (χ1n) is 4.96. The predicted molar refractivity (Wildman–Crippen MR) is 51.6 cm³/mol. The van der Waals surface area contributed by atoms with Crippen LogP contribution >= 0.6 is 0 Å². The summed E-state index contributed by atoms with van der Waals surface area (Å²) in [4.78, 5) is 23.4. The Kier molecular flexibility index (Phi) is 3.92. The van der Waals surface area contributed by atoms with Crippen molar-refractivity contribution >= 4 is 12.4 Å². The van der Waals surface area contributed by atoms with E-state index in [0.717, 1.165) is 0 Å². The van der Waals surface area contributed by atoms with E-state index in [2.05, 4.69) is 0 Å². The van der Waals surface area contributed by atoms with Gasteiger partial charge in [-0.15, -0.1) is 0 Å². The number of amides is 1. The molecule has 0 saturated carbocycles. The average molecular weight is 198 g/mol. The summed E-state index contributed by atoms with van der Waals surface area (Å²) < 4.78 is 5.05. The van der Waals surface area contributed by atoms with Gasteiger partial charge in [-0.05, 0) is 26.7 Å². The van der Waals surface area contributed by atoms with E-state index < -0.39 is 0 Å². The van der Waals surface area contributed by atoms with Crippen molar-refractivity contribution in [3.05, 3.63) is 0 Å². The van der Waals surface area contributed by atoms with Crippen LogP contribution in [0.2, 0.25) is 0 Å². The molecule has 1 amide bonds. The first kappa shape index (κ1) is 11.0. The maximum Gasteiger partial charge on any atom is 0.410 e. The SMILES string of the molecule is CC(C)OC(=O)N1CCC([C]=O)CC1. The monoisotopic (exact) mass is 198 g/mol. The molecule has 0 bridgehead atoms. The number of carbonyl (C=O) groups excluding carboxylic acids is 2. The van der Waals surface area contributed by atoms with Gasteiger partial charge in [0.1, 0.15) is 0 Å². The summed E-state index contributed by atoms with van der Waals surface area (Å²) >= 11 is 0. The minimum atomic E-state index is -0.274. The minimum Gasteiger partial charge on any atom is -0.447 e. The molecular formula is C10H16NO3. The number of piperidine rings is 1. The molecule has 1 radical (unpaired) electrons. The summed E-state index contributed by atoms with van der Waals surface area (Å²) in [5, 5.41) is 0. The summed E-state index contributed by atoms with van der Waals surface area (Å²) in [6.07, 6.45) is 3.03. The van der Waals surface area contributed by atoms with E-state index in [1.165, 1.54) is 0 Å². The molecule has 0 N–H and O–H groups in total. The Morgan fingerprint density at radius 1 is 1.43 bits per heavy atom. The third kappa shape index (κ3) is 3.01. The molecule has 1 saturated heterocycles. The molecule has 4 heteroatoms. The molecule has 1 heterocycles. The topological polar surface area (TPSA) is 46.6 Å². The van der Waals surface area contributed by atoms with Crippen molar-refractivity contribution in [1.29, 1.82) is 0 Å². The number of likely N-dealkylation sites (tertiary alicyclic amines) is 1. The van der Waals surface area contributed by atoms with Gasteiger partial charge < -0.3 is 9.64 Å². The predicted octanol–water partition coefficient (Wildman–Crippen LogP) is 1.35. The Balaban J connectivity index is 2.34. The van der Waals surface area contributed by atoms with Gasteiger partial charge in [0.15, 0.2) is 0 Å². The third-order valence-electron chi connectivity index (χ3n) is 2.26. The highest BCUT2D eigenvalue weighted by molar-refractivity contribution is 5.68. The van der Waals surface area contributed by atoms with Gasteiger partial charge in [0.25, 0.3) is 0 Å². The second-order valence-electron chi connectivity index (χ2n) is 3.81. The summed E-state index contributed by atoms with van der Waals surface area (Å²) in [6.45, 7) is 4.85. The van der Waals surface area contributed by atoms with Gasteiger partial charge in [-0.2, -0.15) is 0 Å². The van der Waals surface area contributed by atoms with Crippen molar-refractivity contribution in [2.45, 2.75) is 32.8 Å². The van der Waals surface area contributed by atoms with Crippen LogP contribution < -0.4 is 0 Å². The normalized spacial score (nSPS) is 18.4. The van der Waals surface area contributed by atoms with Crippen molar-refractivity contribution < 1.29 is 14.3 Å². The van der Waals surface area contributed by atoms with Gasteiger partial charge in [-0.1, -0.05) is 0 Å². The molecule has 0 aliphatic carbocycles. The molecule has 0 atom stereocenters. The highest BCUT2D eigenvalue weighted by Gasteiger charge is 2.24. The molecule has 0 spiro atoms. The van der Waals surface area contributed by atoms with E-state index in [0.29, 0.717) is 25.9 Å². The molecule has 0 aromatic heterocycles. The van der Waals surface area contributed by atoms with Crippen molar-refractivity contribution in [1.82, 2.24) is 4.90 Å². The van der Waals surface area contributed by atoms with Crippen LogP contribution in [0.4, 0.5) is 4.79 Å². The first-order valence-corrected chi connectivity index (χ1v) is 4.96. The van der Waals surface area contributed by atoms with Crippen LogP contribution in [0.3, 0.4) is 0 Å². The zero-order chi connectivity index (χ0) is 10.6.